The van der Waals surface area contributed by atoms with Crippen LogP contribution in [0.25, 0.3) is 0 Å². The number of imide groups is 1. The molecule has 210 valence electrons. The van der Waals surface area contributed by atoms with E-state index in [0.29, 0.717) is 24.6 Å². The van der Waals surface area contributed by atoms with Gasteiger partial charge in [0, 0.05) is 46.8 Å². The molecule has 6 unspecified atom stereocenters. The third kappa shape index (κ3) is 4.99. The van der Waals surface area contributed by atoms with Gasteiger partial charge in [0.2, 0.25) is 11.8 Å². The molecule has 3 amide bonds. The molecule has 3 bridgehead atoms. The molecule has 6 nitrogen and oxygen atoms in total. The Labute approximate surface area is 245 Å². The predicted octanol–water partition coefficient (Wildman–Crippen LogP) is 5.70. The number of nitrogens with zero attached hydrogens (tertiary/aromatic N) is 1. The third-order valence-corrected chi connectivity index (χ3v) is 11.7. The number of nitrogens with one attached hydrogen (secondary N) is 2. The van der Waals surface area contributed by atoms with Crippen LogP contribution >= 0.6 is 23.4 Å². The molecule has 2 heterocycles. The van der Waals surface area contributed by atoms with E-state index < -0.39 is 6.04 Å². The number of benzene rings is 2. The van der Waals surface area contributed by atoms with Crippen molar-refractivity contribution in [3.63, 3.8) is 0 Å². The van der Waals surface area contributed by atoms with Crippen molar-refractivity contribution < 1.29 is 14.4 Å². The van der Waals surface area contributed by atoms with Crippen molar-refractivity contribution in [2.45, 2.75) is 87.2 Å². The average Bonchev–Trinajstić information content (AvgIpc) is 3.27. The fourth-order valence-electron chi connectivity index (χ4n) is 8.27. The number of rotatable bonds is 7. The summed E-state index contributed by atoms with van der Waals surface area (Å²) in [6.07, 6.45) is 9.14. The van der Waals surface area contributed by atoms with Gasteiger partial charge in [-0.2, -0.15) is 0 Å². The van der Waals surface area contributed by atoms with E-state index in [1.807, 2.05) is 18.2 Å². The first kappa shape index (κ1) is 26.5. The molecule has 2 aromatic rings. The maximum atomic E-state index is 13.1. The van der Waals surface area contributed by atoms with E-state index in [4.69, 9.17) is 11.6 Å². The standard InChI is InChI=1S/C32H36ClN3O3S/c33-26-13-19(4-6-21(26)15-34-27-14-20-10-18-5-7-23(27)22(11-18)12-20)17-40-29-3-1-2-24-25(29)16-36(32(24)39)28-8-9-30(37)35-31(28)38/h1-4,6,13,18,20,22-23,27-28,34H,5,7-12,14-17H2,(H,35,37,38). The first-order chi connectivity index (χ1) is 19.4. The Morgan fingerprint density at radius 3 is 2.73 bits per heavy atom. The van der Waals surface area contributed by atoms with Crippen LogP contribution in [0.4, 0.5) is 0 Å². The molecule has 0 spiro atoms. The van der Waals surface area contributed by atoms with E-state index in [9.17, 15) is 14.4 Å². The lowest BCUT2D eigenvalue weighted by Gasteiger charge is -2.52. The van der Waals surface area contributed by atoms with Gasteiger partial charge in [0.1, 0.15) is 6.04 Å². The number of carbonyl (C=O) groups is 3. The molecule has 0 radical (unpaired) electrons. The zero-order chi connectivity index (χ0) is 27.4. The Kier molecular flexibility index (Phi) is 7.17. The van der Waals surface area contributed by atoms with Gasteiger partial charge in [-0.25, -0.2) is 0 Å². The van der Waals surface area contributed by atoms with Crippen LogP contribution < -0.4 is 10.6 Å². The number of halogens is 1. The van der Waals surface area contributed by atoms with E-state index >= 15 is 0 Å². The zero-order valence-corrected chi connectivity index (χ0v) is 24.2. The molecule has 3 aliphatic carbocycles. The van der Waals surface area contributed by atoms with E-state index in [2.05, 4.69) is 28.8 Å². The summed E-state index contributed by atoms with van der Waals surface area (Å²) in [6, 6.07) is 12.2. The maximum Gasteiger partial charge on any atom is 0.255 e. The Morgan fingerprint density at radius 1 is 1.00 bits per heavy atom. The molecule has 5 aliphatic rings. The van der Waals surface area contributed by atoms with Gasteiger partial charge in [-0.3, -0.25) is 19.7 Å². The van der Waals surface area contributed by atoms with Crippen molar-refractivity contribution in [1.29, 1.82) is 0 Å². The Morgan fingerprint density at radius 2 is 1.88 bits per heavy atom. The van der Waals surface area contributed by atoms with Crippen LogP contribution in [-0.4, -0.2) is 34.7 Å². The highest BCUT2D eigenvalue weighted by atomic mass is 35.5. The van der Waals surface area contributed by atoms with Crippen molar-refractivity contribution in [1.82, 2.24) is 15.5 Å². The number of hydrogen-bond acceptors (Lipinski definition) is 5. The quantitative estimate of drug-likeness (QED) is 0.326. The molecular formula is C32H36ClN3O3S. The minimum atomic E-state index is -0.598. The molecule has 1 saturated heterocycles. The number of thioether (sulfide) groups is 1. The molecular weight excluding hydrogens is 542 g/mol. The van der Waals surface area contributed by atoms with Crippen molar-refractivity contribution in [2.75, 3.05) is 0 Å². The highest BCUT2D eigenvalue weighted by Crippen LogP contribution is 2.52. The molecule has 2 aliphatic heterocycles. The highest BCUT2D eigenvalue weighted by molar-refractivity contribution is 7.98. The topological polar surface area (TPSA) is 78.5 Å². The summed E-state index contributed by atoms with van der Waals surface area (Å²) in [5.74, 6) is 3.64. The van der Waals surface area contributed by atoms with Gasteiger partial charge in [0.15, 0.2) is 0 Å². The van der Waals surface area contributed by atoms with Crippen LogP contribution in [0.1, 0.15) is 78.4 Å². The third-order valence-electron chi connectivity index (χ3n) is 10.2. The second kappa shape index (κ2) is 10.8. The lowest BCUT2D eigenvalue weighted by atomic mass is 9.56. The first-order valence-electron chi connectivity index (χ1n) is 14.8. The van der Waals surface area contributed by atoms with Gasteiger partial charge in [-0.05, 0) is 97.1 Å². The first-order valence-corrected chi connectivity index (χ1v) is 16.2. The largest absolute Gasteiger partial charge is 0.322 e. The van der Waals surface area contributed by atoms with Crippen molar-refractivity contribution in [3.8, 4) is 0 Å². The number of carbonyl (C=O) groups excluding carboxylic acids is 3. The molecule has 2 N–H and O–H groups in total. The minimum Gasteiger partial charge on any atom is -0.322 e. The smallest absolute Gasteiger partial charge is 0.255 e. The molecule has 4 fully saturated rings. The van der Waals surface area contributed by atoms with Crippen molar-refractivity contribution in [3.05, 3.63) is 63.7 Å². The molecule has 6 atom stereocenters. The summed E-state index contributed by atoms with van der Waals surface area (Å²) in [6.45, 7) is 1.21. The molecule has 7 rings (SSSR count). The molecule has 3 saturated carbocycles. The summed E-state index contributed by atoms with van der Waals surface area (Å²) in [4.78, 5) is 39.8. The van der Waals surface area contributed by atoms with Gasteiger partial charge in [0.25, 0.3) is 5.91 Å². The number of amides is 3. The summed E-state index contributed by atoms with van der Waals surface area (Å²) >= 11 is 8.47. The lowest BCUT2D eigenvalue weighted by Crippen LogP contribution is -2.52. The van der Waals surface area contributed by atoms with Crippen LogP contribution in [0.5, 0.6) is 0 Å². The van der Waals surface area contributed by atoms with Gasteiger partial charge >= 0.3 is 0 Å². The van der Waals surface area contributed by atoms with Crippen molar-refractivity contribution >= 4 is 41.1 Å². The predicted molar refractivity (Wildman–Crippen MR) is 156 cm³/mol. The average molecular weight is 578 g/mol. The van der Waals surface area contributed by atoms with Crippen LogP contribution in [0.3, 0.4) is 0 Å². The molecule has 0 aromatic heterocycles. The van der Waals surface area contributed by atoms with Gasteiger partial charge in [-0.15, -0.1) is 11.8 Å². The van der Waals surface area contributed by atoms with Crippen LogP contribution in [0, 0.1) is 23.7 Å². The van der Waals surface area contributed by atoms with Crippen LogP contribution in [0.15, 0.2) is 41.3 Å². The fourth-order valence-corrected chi connectivity index (χ4v) is 9.57. The Balaban J connectivity index is 0.982. The number of fused-ring (bicyclic) bond motifs is 3. The Hall–Kier alpha value is -2.35. The van der Waals surface area contributed by atoms with Gasteiger partial charge in [-0.1, -0.05) is 36.2 Å². The molecule has 40 heavy (non-hydrogen) atoms. The summed E-state index contributed by atoms with van der Waals surface area (Å²) in [5, 5.41) is 7.09. The number of hydrogen-bond donors (Lipinski definition) is 2. The maximum absolute atomic E-state index is 13.1. The zero-order valence-electron chi connectivity index (χ0n) is 22.7. The second-order valence-corrected chi connectivity index (χ2v) is 14.0. The monoisotopic (exact) mass is 577 g/mol. The van der Waals surface area contributed by atoms with E-state index in [0.717, 1.165) is 62.6 Å². The second-order valence-electron chi connectivity index (χ2n) is 12.6. The highest BCUT2D eigenvalue weighted by Gasteiger charge is 2.45. The molecule has 2 aromatic carbocycles. The lowest BCUT2D eigenvalue weighted by molar-refractivity contribution is -0.136. The Bertz CT molecular complexity index is 1360. The minimum absolute atomic E-state index is 0.138. The molecule has 8 heteroatoms. The summed E-state index contributed by atoms with van der Waals surface area (Å²) in [7, 11) is 0. The normalized spacial score (nSPS) is 30.9. The van der Waals surface area contributed by atoms with E-state index in [-0.39, 0.29) is 24.1 Å². The van der Waals surface area contributed by atoms with E-state index in [1.165, 1.54) is 38.5 Å². The fraction of sp³-hybridized carbons (Fsp3) is 0.531. The SMILES string of the molecule is O=C1CCC(N2Cc3c(SCc4ccc(CNC5CC6CC7CCC5C(C7)C6)c(Cl)c4)cccc3C2=O)C(=O)N1. The van der Waals surface area contributed by atoms with Crippen LogP contribution in [0.2, 0.25) is 5.02 Å². The van der Waals surface area contributed by atoms with Gasteiger partial charge in [0.05, 0.1) is 0 Å². The van der Waals surface area contributed by atoms with Gasteiger partial charge < -0.3 is 10.2 Å². The number of piperidine rings is 1. The van der Waals surface area contributed by atoms with Crippen molar-refractivity contribution in [2.24, 2.45) is 23.7 Å². The van der Waals surface area contributed by atoms with E-state index in [1.54, 1.807) is 16.7 Å². The summed E-state index contributed by atoms with van der Waals surface area (Å²) < 4.78 is 0. The van der Waals surface area contributed by atoms with Crippen LogP contribution in [-0.2, 0) is 28.4 Å². The summed E-state index contributed by atoms with van der Waals surface area (Å²) in [5.41, 5.74) is 3.91.